The van der Waals surface area contributed by atoms with Crippen molar-refractivity contribution in [3.63, 3.8) is 0 Å². The molecule has 0 saturated carbocycles. The highest BCUT2D eigenvalue weighted by Gasteiger charge is 2.28. The van der Waals surface area contributed by atoms with Gasteiger partial charge in [0.15, 0.2) is 0 Å². The maximum atomic E-state index is 12.6. The lowest BCUT2D eigenvalue weighted by atomic mass is 9.97. The number of nitrogens with one attached hydrogen (secondary N) is 3. The monoisotopic (exact) mass is 394 g/mol. The number of carbonyl (C=O) groups excluding carboxylic acids is 3. The van der Waals surface area contributed by atoms with E-state index in [4.69, 9.17) is 0 Å². The van der Waals surface area contributed by atoms with Crippen LogP contribution >= 0.6 is 0 Å². The van der Waals surface area contributed by atoms with E-state index in [0.717, 1.165) is 24.1 Å². The Labute approximate surface area is 170 Å². The van der Waals surface area contributed by atoms with Crippen molar-refractivity contribution in [1.29, 1.82) is 0 Å². The SMILES string of the molecule is CNC(=O)c1cccc(CNC(=O)C2CCCN(C(=O)Nc3ccccc3)C2)c1. The second-order valence-electron chi connectivity index (χ2n) is 7.08. The van der Waals surface area contributed by atoms with E-state index in [2.05, 4.69) is 16.0 Å². The lowest BCUT2D eigenvalue weighted by Gasteiger charge is -2.32. The number of urea groups is 1. The largest absolute Gasteiger partial charge is 0.355 e. The Kier molecular flexibility index (Phi) is 6.84. The molecule has 3 N–H and O–H groups in total. The molecule has 0 radical (unpaired) electrons. The first kappa shape index (κ1) is 20.4. The molecule has 0 aliphatic carbocycles. The third-order valence-corrected chi connectivity index (χ3v) is 4.99. The van der Waals surface area contributed by atoms with Gasteiger partial charge in [0.1, 0.15) is 0 Å². The number of hydrogen-bond acceptors (Lipinski definition) is 3. The molecule has 1 unspecified atom stereocenters. The fourth-order valence-electron chi connectivity index (χ4n) is 3.40. The zero-order valence-electron chi connectivity index (χ0n) is 16.5. The topological polar surface area (TPSA) is 90.5 Å². The highest BCUT2D eigenvalue weighted by atomic mass is 16.2. The summed E-state index contributed by atoms with van der Waals surface area (Å²) in [4.78, 5) is 38.5. The van der Waals surface area contributed by atoms with E-state index in [1.54, 1.807) is 30.1 Å². The van der Waals surface area contributed by atoms with Gasteiger partial charge in [-0.05, 0) is 42.7 Å². The van der Waals surface area contributed by atoms with Crippen LogP contribution < -0.4 is 16.0 Å². The molecule has 1 aliphatic rings. The van der Waals surface area contributed by atoms with Crippen molar-refractivity contribution in [2.24, 2.45) is 5.92 Å². The van der Waals surface area contributed by atoms with Gasteiger partial charge in [0.2, 0.25) is 5.91 Å². The number of anilines is 1. The predicted molar refractivity (Wildman–Crippen MR) is 111 cm³/mol. The van der Waals surface area contributed by atoms with Crippen LogP contribution in [-0.4, -0.2) is 42.9 Å². The molecule has 29 heavy (non-hydrogen) atoms. The Bertz CT molecular complexity index is 869. The van der Waals surface area contributed by atoms with Gasteiger partial charge in [0, 0.05) is 37.9 Å². The maximum absolute atomic E-state index is 12.6. The molecule has 0 spiro atoms. The molecular weight excluding hydrogens is 368 g/mol. The van der Waals surface area contributed by atoms with Crippen LogP contribution in [0.5, 0.6) is 0 Å². The van der Waals surface area contributed by atoms with Gasteiger partial charge in [0.25, 0.3) is 5.91 Å². The van der Waals surface area contributed by atoms with E-state index in [9.17, 15) is 14.4 Å². The van der Waals surface area contributed by atoms with Gasteiger partial charge in [-0.15, -0.1) is 0 Å². The first-order valence-corrected chi connectivity index (χ1v) is 9.76. The van der Waals surface area contributed by atoms with Crippen molar-refractivity contribution in [3.8, 4) is 0 Å². The Balaban J connectivity index is 1.53. The van der Waals surface area contributed by atoms with Crippen LogP contribution in [0.2, 0.25) is 0 Å². The third-order valence-electron chi connectivity index (χ3n) is 4.99. The fraction of sp³-hybridized carbons (Fsp3) is 0.318. The summed E-state index contributed by atoms with van der Waals surface area (Å²) in [5, 5.41) is 8.39. The van der Waals surface area contributed by atoms with E-state index >= 15 is 0 Å². The zero-order valence-corrected chi connectivity index (χ0v) is 16.5. The Morgan fingerprint density at radius 2 is 1.86 bits per heavy atom. The van der Waals surface area contributed by atoms with Gasteiger partial charge in [-0.25, -0.2) is 4.79 Å². The number of rotatable bonds is 5. The molecule has 4 amide bonds. The van der Waals surface area contributed by atoms with Crippen LogP contribution in [0.15, 0.2) is 54.6 Å². The third kappa shape index (κ3) is 5.57. The van der Waals surface area contributed by atoms with Crippen molar-refractivity contribution in [3.05, 3.63) is 65.7 Å². The molecule has 1 fully saturated rings. The quantitative estimate of drug-likeness (QED) is 0.728. The Morgan fingerprint density at radius 1 is 1.07 bits per heavy atom. The van der Waals surface area contributed by atoms with E-state index in [-0.39, 0.29) is 23.8 Å². The van der Waals surface area contributed by atoms with Crippen molar-refractivity contribution in [2.45, 2.75) is 19.4 Å². The standard InChI is InChI=1S/C22H26N4O3/c1-23-20(27)17-8-5-7-16(13-17)14-24-21(28)18-9-6-12-26(15-18)22(29)25-19-10-3-2-4-11-19/h2-5,7-8,10-11,13,18H,6,9,12,14-15H2,1H3,(H,23,27)(H,24,28)(H,25,29). The lowest BCUT2D eigenvalue weighted by Crippen LogP contribution is -2.46. The van der Waals surface area contributed by atoms with Gasteiger partial charge in [-0.1, -0.05) is 30.3 Å². The molecule has 0 aromatic heterocycles. The van der Waals surface area contributed by atoms with Crippen molar-refractivity contribution < 1.29 is 14.4 Å². The van der Waals surface area contributed by atoms with E-state index in [1.807, 2.05) is 36.4 Å². The van der Waals surface area contributed by atoms with E-state index in [1.165, 1.54) is 0 Å². The molecule has 152 valence electrons. The molecule has 2 aromatic carbocycles. The second-order valence-corrected chi connectivity index (χ2v) is 7.08. The van der Waals surface area contributed by atoms with Crippen LogP contribution in [0.1, 0.15) is 28.8 Å². The summed E-state index contributed by atoms with van der Waals surface area (Å²) in [6, 6.07) is 16.2. The van der Waals surface area contributed by atoms with Crippen LogP contribution in [-0.2, 0) is 11.3 Å². The molecule has 0 bridgehead atoms. The molecule has 1 aliphatic heterocycles. The number of piperidine rings is 1. The highest BCUT2D eigenvalue weighted by Crippen LogP contribution is 2.18. The molecular formula is C22H26N4O3. The normalized spacial score (nSPS) is 16.0. The molecule has 2 aromatic rings. The number of para-hydroxylation sites is 1. The Hall–Kier alpha value is -3.35. The van der Waals surface area contributed by atoms with Crippen LogP contribution in [0.4, 0.5) is 10.5 Å². The predicted octanol–water partition coefficient (Wildman–Crippen LogP) is 2.61. The summed E-state index contributed by atoms with van der Waals surface area (Å²) >= 11 is 0. The lowest BCUT2D eigenvalue weighted by molar-refractivity contribution is -0.126. The summed E-state index contributed by atoms with van der Waals surface area (Å²) in [7, 11) is 1.58. The number of likely N-dealkylation sites (tertiary alicyclic amines) is 1. The minimum Gasteiger partial charge on any atom is -0.355 e. The average Bonchev–Trinajstić information content (AvgIpc) is 2.77. The van der Waals surface area contributed by atoms with Gasteiger partial charge < -0.3 is 20.9 Å². The van der Waals surface area contributed by atoms with Crippen molar-refractivity contribution >= 4 is 23.5 Å². The molecule has 7 heteroatoms. The summed E-state index contributed by atoms with van der Waals surface area (Å²) in [5.74, 6) is -0.481. The summed E-state index contributed by atoms with van der Waals surface area (Å²) in [6.45, 7) is 1.37. The van der Waals surface area contributed by atoms with Crippen molar-refractivity contribution in [1.82, 2.24) is 15.5 Å². The number of benzene rings is 2. The Morgan fingerprint density at radius 3 is 2.62 bits per heavy atom. The fourth-order valence-corrected chi connectivity index (χ4v) is 3.40. The number of nitrogens with zero attached hydrogens (tertiary/aromatic N) is 1. The molecule has 7 nitrogen and oxygen atoms in total. The highest BCUT2D eigenvalue weighted by molar-refractivity contribution is 5.94. The van der Waals surface area contributed by atoms with Crippen LogP contribution in [0, 0.1) is 5.92 Å². The molecule has 3 rings (SSSR count). The van der Waals surface area contributed by atoms with Crippen LogP contribution in [0.25, 0.3) is 0 Å². The number of carbonyl (C=O) groups is 3. The number of hydrogen-bond donors (Lipinski definition) is 3. The summed E-state index contributed by atoms with van der Waals surface area (Å²) < 4.78 is 0. The maximum Gasteiger partial charge on any atom is 0.321 e. The molecule has 1 saturated heterocycles. The zero-order chi connectivity index (χ0) is 20.6. The second kappa shape index (κ2) is 9.73. The van der Waals surface area contributed by atoms with Gasteiger partial charge in [-0.3, -0.25) is 9.59 Å². The molecule has 1 atom stereocenters. The minimum atomic E-state index is -0.243. The average molecular weight is 394 g/mol. The molecule has 1 heterocycles. The first-order valence-electron chi connectivity index (χ1n) is 9.76. The van der Waals surface area contributed by atoms with Gasteiger partial charge in [-0.2, -0.15) is 0 Å². The minimum absolute atomic E-state index is 0.0763. The van der Waals surface area contributed by atoms with Gasteiger partial charge in [0.05, 0.1) is 5.92 Å². The smallest absolute Gasteiger partial charge is 0.321 e. The summed E-state index contributed by atoms with van der Waals surface area (Å²) in [5.41, 5.74) is 2.15. The van der Waals surface area contributed by atoms with Crippen molar-refractivity contribution in [2.75, 3.05) is 25.5 Å². The van der Waals surface area contributed by atoms with E-state index < -0.39 is 0 Å². The first-order chi connectivity index (χ1) is 14.1. The summed E-state index contributed by atoms with van der Waals surface area (Å²) in [6.07, 6.45) is 1.53. The van der Waals surface area contributed by atoms with Gasteiger partial charge >= 0.3 is 6.03 Å². The number of amides is 4. The van der Waals surface area contributed by atoms with E-state index in [0.29, 0.717) is 25.2 Å². The van der Waals surface area contributed by atoms with Crippen LogP contribution in [0.3, 0.4) is 0 Å².